The lowest BCUT2D eigenvalue weighted by molar-refractivity contribution is -0.124. The highest BCUT2D eigenvalue weighted by atomic mass is 28.3. The van der Waals surface area contributed by atoms with Gasteiger partial charge in [0.05, 0.1) is 0 Å². The molecular weight excluding hydrogens is 430 g/mol. The Morgan fingerprint density at radius 2 is 0.971 bits per heavy atom. The number of likely N-dealkylation sites (tertiary alicyclic amines) is 1. The molecule has 0 unspecified atom stereocenters. The average Bonchev–Trinajstić information content (AvgIpc) is 3.47. The fraction of sp³-hybridized carbons (Fsp3) is 0.129. The third-order valence-corrected chi connectivity index (χ3v) is 11.2. The predicted octanol–water partition coefficient (Wildman–Crippen LogP) is 4.40. The zero-order valence-electron chi connectivity index (χ0n) is 19.3. The van der Waals surface area contributed by atoms with Crippen LogP contribution in [-0.2, 0) is 4.79 Å². The van der Waals surface area contributed by atoms with Gasteiger partial charge in [0, 0.05) is 18.7 Å². The molecule has 4 aromatic carbocycles. The fourth-order valence-corrected chi connectivity index (χ4v) is 9.42. The maximum atomic E-state index is 14.0. The van der Waals surface area contributed by atoms with E-state index in [1.54, 1.807) is 0 Å². The van der Waals surface area contributed by atoms with E-state index in [4.69, 9.17) is 0 Å². The van der Waals surface area contributed by atoms with Gasteiger partial charge in [0.25, 0.3) is 5.91 Å². The minimum atomic E-state index is -2.69. The monoisotopic (exact) mass is 459 g/mol. The first-order valence-corrected chi connectivity index (χ1v) is 14.1. The van der Waals surface area contributed by atoms with Crippen molar-refractivity contribution in [1.29, 1.82) is 0 Å². The van der Waals surface area contributed by atoms with Crippen molar-refractivity contribution in [1.82, 2.24) is 4.90 Å². The topological polar surface area (TPSA) is 20.3 Å². The predicted molar refractivity (Wildman–Crippen MR) is 144 cm³/mol. The molecule has 0 N–H and O–H groups in total. The van der Waals surface area contributed by atoms with E-state index >= 15 is 0 Å². The summed E-state index contributed by atoms with van der Waals surface area (Å²) in [7, 11) is -2.69. The number of benzene rings is 4. The van der Waals surface area contributed by atoms with Crippen LogP contribution in [-0.4, -0.2) is 32.0 Å². The van der Waals surface area contributed by atoms with Crippen LogP contribution < -0.4 is 15.6 Å². The van der Waals surface area contributed by atoms with Gasteiger partial charge in [-0.15, -0.1) is 0 Å². The fourth-order valence-electron chi connectivity index (χ4n) is 5.05. The standard InChI is InChI=1S/C31H29NOSi/c33-31(32-23-13-14-24-32)30(26-15-5-1-6-16-26)25-34(27-17-7-2-8-18-27,28-19-9-3-10-20-28)29-21-11-4-12-22-29/h1-12,15-22,25H,13-14,23-24H2/b30-25+. The lowest BCUT2D eigenvalue weighted by Gasteiger charge is -2.32. The SMILES string of the molecule is O=C(/C(=C/[Si](c1ccccc1)(c1ccccc1)c1ccccc1)c1ccccc1)N1CCCC1. The summed E-state index contributed by atoms with van der Waals surface area (Å²) < 4.78 is 0. The molecule has 1 saturated heterocycles. The second-order valence-electron chi connectivity index (χ2n) is 8.83. The molecule has 1 fully saturated rings. The van der Waals surface area contributed by atoms with Crippen LogP contribution in [0.5, 0.6) is 0 Å². The third kappa shape index (κ3) is 4.27. The Bertz CT molecular complexity index is 1150. The maximum Gasteiger partial charge on any atom is 0.253 e. The summed E-state index contributed by atoms with van der Waals surface area (Å²) in [6, 6.07) is 42.4. The average molecular weight is 460 g/mol. The lowest BCUT2D eigenvalue weighted by atomic mass is 10.1. The van der Waals surface area contributed by atoms with Crippen molar-refractivity contribution in [2.75, 3.05) is 13.1 Å². The van der Waals surface area contributed by atoms with E-state index in [9.17, 15) is 4.79 Å². The summed E-state index contributed by atoms with van der Waals surface area (Å²) in [4.78, 5) is 16.0. The van der Waals surface area contributed by atoms with Gasteiger partial charge in [-0.05, 0) is 34.0 Å². The highest BCUT2D eigenvalue weighted by Crippen LogP contribution is 2.24. The summed E-state index contributed by atoms with van der Waals surface area (Å²) >= 11 is 0. The second kappa shape index (κ2) is 10.1. The zero-order valence-corrected chi connectivity index (χ0v) is 20.3. The molecule has 1 amide bonds. The van der Waals surface area contributed by atoms with Gasteiger partial charge in [-0.25, -0.2) is 0 Å². The van der Waals surface area contributed by atoms with Crippen molar-refractivity contribution in [2.24, 2.45) is 0 Å². The highest BCUT2D eigenvalue weighted by Gasteiger charge is 2.39. The Morgan fingerprint density at radius 1 is 0.588 bits per heavy atom. The number of hydrogen-bond acceptors (Lipinski definition) is 1. The van der Waals surface area contributed by atoms with Gasteiger partial charge in [0.15, 0.2) is 8.07 Å². The van der Waals surface area contributed by atoms with Gasteiger partial charge in [-0.1, -0.05) is 127 Å². The molecule has 2 nitrogen and oxygen atoms in total. The van der Waals surface area contributed by atoms with Crippen molar-refractivity contribution in [3.05, 3.63) is 133 Å². The smallest absolute Gasteiger partial charge is 0.253 e. The zero-order chi connectivity index (χ0) is 23.2. The minimum Gasteiger partial charge on any atom is -0.339 e. The molecule has 168 valence electrons. The molecule has 0 atom stereocenters. The number of amides is 1. The van der Waals surface area contributed by atoms with E-state index in [1.807, 2.05) is 23.1 Å². The molecule has 1 aliphatic heterocycles. The van der Waals surface area contributed by atoms with Crippen molar-refractivity contribution in [3.8, 4) is 0 Å². The number of carbonyl (C=O) groups is 1. The van der Waals surface area contributed by atoms with Crippen LogP contribution in [0.1, 0.15) is 18.4 Å². The molecular formula is C31H29NOSi. The summed E-state index contributed by atoms with van der Waals surface area (Å²) in [5.41, 5.74) is 4.15. The third-order valence-electron chi connectivity index (χ3n) is 6.76. The molecule has 4 aromatic rings. The molecule has 0 radical (unpaired) electrons. The number of rotatable bonds is 6. The Kier molecular flexibility index (Phi) is 6.55. The van der Waals surface area contributed by atoms with Gasteiger partial charge in [0.2, 0.25) is 0 Å². The number of carbonyl (C=O) groups excluding carboxylic acids is 1. The minimum absolute atomic E-state index is 0.142. The van der Waals surface area contributed by atoms with Crippen LogP contribution in [0.3, 0.4) is 0 Å². The molecule has 1 aliphatic rings. The second-order valence-corrected chi connectivity index (χ2v) is 12.5. The normalized spacial score (nSPS) is 14.2. The molecule has 3 heteroatoms. The van der Waals surface area contributed by atoms with Crippen LogP contribution in [0.2, 0.25) is 0 Å². The van der Waals surface area contributed by atoms with Crippen LogP contribution in [0.4, 0.5) is 0 Å². The van der Waals surface area contributed by atoms with E-state index in [1.165, 1.54) is 15.6 Å². The Hall–Kier alpha value is -3.69. The Morgan fingerprint density at radius 3 is 1.38 bits per heavy atom. The summed E-state index contributed by atoms with van der Waals surface area (Å²) in [6.07, 6.45) is 2.15. The summed E-state index contributed by atoms with van der Waals surface area (Å²) in [5, 5.41) is 3.82. The number of nitrogens with zero attached hydrogens (tertiary/aromatic N) is 1. The largest absolute Gasteiger partial charge is 0.339 e. The Labute approximate surface area is 203 Å². The molecule has 34 heavy (non-hydrogen) atoms. The van der Waals surface area contributed by atoms with Crippen LogP contribution in [0, 0.1) is 0 Å². The van der Waals surface area contributed by atoms with Gasteiger partial charge in [0.1, 0.15) is 0 Å². The number of hydrogen-bond donors (Lipinski definition) is 0. The van der Waals surface area contributed by atoms with E-state index in [-0.39, 0.29) is 5.91 Å². The van der Waals surface area contributed by atoms with Crippen molar-refractivity contribution >= 4 is 35.1 Å². The molecule has 1 heterocycles. The van der Waals surface area contributed by atoms with Gasteiger partial charge < -0.3 is 4.90 Å². The van der Waals surface area contributed by atoms with Crippen molar-refractivity contribution in [3.63, 3.8) is 0 Å². The first-order valence-electron chi connectivity index (χ1n) is 12.0. The molecule has 0 aromatic heterocycles. The van der Waals surface area contributed by atoms with E-state index in [2.05, 4.69) is 109 Å². The van der Waals surface area contributed by atoms with Gasteiger partial charge in [-0.2, -0.15) is 0 Å². The molecule has 0 aliphatic carbocycles. The lowest BCUT2D eigenvalue weighted by Crippen LogP contribution is -2.66. The maximum absolute atomic E-state index is 14.0. The van der Waals surface area contributed by atoms with Crippen LogP contribution in [0.15, 0.2) is 127 Å². The Balaban J connectivity index is 1.83. The van der Waals surface area contributed by atoms with E-state index < -0.39 is 8.07 Å². The van der Waals surface area contributed by atoms with Crippen LogP contribution in [0.25, 0.3) is 5.57 Å². The van der Waals surface area contributed by atoms with Crippen molar-refractivity contribution < 1.29 is 4.79 Å². The molecule has 0 spiro atoms. The van der Waals surface area contributed by atoms with Gasteiger partial charge in [-0.3, -0.25) is 4.79 Å². The van der Waals surface area contributed by atoms with Gasteiger partial charge >= 0.3 is 0 Å². The quantitative estimate of drug-likeness (QED) is 0.238. The first-order chi connectivity index (χ1) is 16.8. The summed E-state index contributed by atoms with van der Waals surface area (Å²) in [5.74, 6) is 0.142. The molecule has 0 saturated carbocycles. The van der Waals surface area contributed by atoms with E-state index in [0.717, 1.165) is 37.1 Å². The summed E-state index contributed by atoms with van der Waals surface area (Å²) in [6.45, 7) is 1.67. The molecule has 5 rings (SSSR count). The van der Waals surface area contributed by atoms with E-state index in [0.29, 0.717) is 0 Å². The molecule has 0 bridgehead atoms. The first kappa shape index (κ1) is 22.1. The van der Waals surface area contributed by atoms with Crippen LogP contribution >= 0.6 is 0 Å². The highest BCUT2D eigenvalue weighted by molar-refractivity contribution is 7.15. The van der Waals surface area contributed by atoms with Crippen molar-refractivity contribution in [2.45, 2.75) is 12.8 Å².